The van der Waals surface area contributed by atoms with Crippen LogP contribution in [0.25, 0.3) is 0 Å². The van der Waals surface area contributed by atoms with Crippen molar-refractivity contribution in [3.63, 3.8) is 0 Å². The molecule has 0 amide bonds. The Kier molecular flexibility index (Phi) is 2.81. The maximum atomic E-state index is 5.56. The molecule has 1 heterocycles. The topological polar surface area (TPSA) is 38.5 Å². The van der Waals surface area contributed by atoms with Crippen molar-refractivity contribution in [3.05, 3.63) is 0 Å². The second-order valence-corrected chi connectivity index (χ2v) is 4.44. The van der Waals surface area contributed by atoms with E-state index in [0.29, 0.717) is 4.99 Å². The van der Waals surface area contributed by atoms with Crippen molar-refractivity contribution in [2.24, 2.45) is 11.7 Å². The van der Waals surface area contributed by atoms with E-state index >= 15 is 0 Å². The molecule has 13 heavy (non-hydrogen) atoms. The highest BCUT2D eigenvalue weighted by Gasteiger charge is 2.28. The molecule has 0 spiro atoms. The average molecular weight is 200 g/mol. The van der Waals surface area contributed by atoms with Gasteiger partial charge in [-0.05, 0) is 18.8 Å². The van der Waals surface area contributed by atoms with E-state index in [0.717, 1.165) is 25.6 Å². The molecule has 2 N–H and O–H groups in total. The Morgan fingerprint density at radius 3 is 2.92 bits per heavy atom. The van der Waals surface area contributed by atoms with Crippen LogP contribution in [0.1, 0.15) is 12.8 Å². The minimum Gasteiger partial charge on any atom is -0.391 e. The van der Waals surface area contributed by atoms with Gasteiger partial charge < -0.3 is 10.5 Å². The van der Waals surface area contributed by atoms with Crippen molar-refractivity contribution in [3.8, 4) is 0 Å². The molecular formula is C9H16N2OS. The van der Waals surface area contributed by atoms with Crippen molar-refractivity contribution in [2.45, 2.75) is 18.9 Å². The van der Waals surface area contributed by atoms with E-state index in [-0.39, 0.29) is 6.10 Å². The normalized spacial score (nSPS) is 30.3. The standard InChI is InChI=1S/C9H16N2OS/c10-9(13)8-6-11(3-4-12-8)5-7-1-2-7/h7-8H,1-6H2,(H2,10,13). The molecule has 0 aromatic carbocycles. The quantitative estimate of drug-likeness (QED) is 0.669. The number of ether oxygens (including phenoxy) is 1. The van der Waals surface area contributed by atoms with Crippen molar-refractivity contribution >= 4 is 17.2 Å². The molecule has 3 nitrogen and oxygen atoms in total. The zero-order valence-electron chi connectivity index (χ0n) is 7.74. The van der Waals surface area contributed by atoms with Gasteiger partial charge in [-0.2, -0.15) is 0 Å². The molecule has 1 aliphatic heterocycles. The maximum absolute atomic E-state index is 5.56. The summed E-state index contributed by atoms with van der Waals surface area (Å²) in [6.45, 7) is 3.92. The Hall–Kier alpha value is -0.190. The minimum atomic E-state index is -0.0116. The van der Waals surface area contributed by atoms with Crippen molar-refractivity contribution in [1.29, 1.82) is 0 Å². The van der Waals surface area contributed by atoms with Crippen LogP contribution in [0, 0.1) is 5.92 Å². The van der Waals surface area contributed by atoms with Gasteiger partial charge in [0.25, 0.3) is 0 Å². The van der Waals surface area contributed by atoms with Gasteiger partial charge in [0.2, 0.25) is 0 Å². The van der Waals surface area contributed by atoms with Crippen LogP contribution in [0.5, 0.6) is 0 Å². The predicted molar refractivity (Wildman–Crippen MR) is 55.7 cm³/mol. The summed E-state index contributed by atoms with van der Waals surface area (Å²) in [5.41, 5.74) is 5.56. The zero-order chi connectivity index (χ0) is 9.26. The number of rotatable bonds is 3. The third-order valence-electron chi connectivity index (χ3n) is 2.68. The van der Waals surface area contributed by atoms with Crippen LogP contribution in [-0.2, 0) is 4.74 Å². The Labute approximate surface area is 84.2 Å². The van der Waals surface area contributed by atoms with Crippen LogP contribution in [0.15, 0.2) is 0 Å². The monoisotopic (exact) mass is 200 g/mol. The first-order valence-electron chi connectivity index (χ1n) is 4.89. The van der Waals surface area contributed by atoms with Gasteiger partial charge in [0.1, 0.15) is 11.1 Å². The van der Waals surface area contributed by atoms with Crippen molar-refractivity contribution in [1.82, 2.24) is 4.90 Å². The van der Waals surface area contributed by atoms with Gasteiger partial charge in [0.05, 0.1) is 6.61 Å². The van der Waals surface area contributed by atoms with E-state index in [1.54, 1.807) is 0 Å². The zero-order valence-corrected chi connectivity index (χ0v) is 8.55. The van der Waals surface area contributed by atoms with E-state index in [9.17, 15) is 0 Å². The lowest BCUT2D eigenvalue weighted by Gasteiger charge is -2.32. The molecule has 1 atom stereocenters. The predicted octanol–water partition coefficient (Wildman–Crippen LogP) is 0.383. The van der Waals surface area contributed by atoms with Crippen molar-refractivity contribution in [2.75, 3.05) is 26.2 Å². The molecule has 1 aliphatic carbocycles. The van der Waals surface area contributed by atoms with Gasteiger partial charge in [0, 0.05) is 19.6 Å². The molecule has 1 unspecified atom stereocenters. The minimum absolute atomic E-state index is 0.0116. The summed E-state index contributed by atoms with van der Waals surface area (Å²) >= 11 is 4.92. The van der Waals surface area contributed by atoms with Crippen LogP contribution < -0.4 is 5.73 Å². The Morgan fingerprint density at radius 2 is 2.31 bits per heavy atom. The number of thiocarbonyl (C=S) groups is 1. The third kappa shape index (κ3) is 2.62. The van der Waals surface area contributed by atoms with Crippen LogP contribution in [-0.4, -0.2) is 42.2 Å². The molecule has 2 rings (SSSR count). The number of nitrogens with two attached hydrogens (primary N) is 1. The molecule has 1 saturated heterocycles. The van der Waals surface area contributed by atoms with E-state index < -0.39 is 0 Å². The highest BCUT2D eigenvalue weighted by atomic mass is 32.1. The van der Waals surface area contributed by atoms with E-state index in [1.165, 1.54) is 19.4 Å². The van der Waals surface area contributed by atoms with Gasteiger partial charge in [-0.1, -0.05) is 12.2 Å². The fourth-order valence-corrected chi connectivity index (χ4v) is 1.85. The molecular weight excluding hydrogens is 184 g/mol. The second-order valence-electron chi connectivity index (χ2n) is 3.96. The van der Waals surface area contributed by atoms with Crippen LogP contribution in [0.3, 0.4) is 0 Å². The number of hydrogen-bond donors (Lipinski definition) is 1. The van der Waals surface area contributed by atoms with Gasteiger partial charge >= 0.3 is 0 Å². The molecule has 0 aromatic heterocycles. The van der Waals surface area contributed by atoms with Gasteiger partial charge in [-0.15, -0.1) is 0 Å². The third-order valence-corrected chi connectivity index (χ3v) is 2.94. The molecule has 1 saturated carbocycles. The molecule has 2 aliphatic rings. The highest BCUT2D eigenvalue weighted by molar-refractivity contribution is 7.80. The van der Waals surface area contributed by atoms with Crippen LogP contribution >= 0.6 is 12.2 Å². The second kappa shape index (κ2) is 3.90. The van der Waals surface area contributed by atoms with E-state index in [2.05, 4.69) is 4.90 Å². The number of nitrogens with zero attached hydrogens (tertiary/aromatic N) is 1. The van der Waals surface area contributed by atoms with Crippen molar-refractivity contribution < 1.29 is 4.74 Å². The van der Waals surface area contributed by atoms with E-state index in [1.807, 2.05) is 0 Å². The van der Waals surface area contributed by atoms with Gasteiger partial charge in [-0.25, -0.2) is 0 Å². The largest absolute Gasteiger partial charge is 0.391 e. The van der Waals surface area contributed by atoms with Crippen LogP contribution in [0.4, 0.5) is 0 Å². The first-order valence-corrected chi connectivity index (χ1v) is 5.30. The lowest BCUT2D eigenvalue weighted by molar-refractivity contribution is 0.00554. The summed E-state index contributed by atoms with van der Waals surface area (Å²) in [5, 5.41) is 0. The Morgan fingerprint density at radius 1 is 1.54 bits per heavy atom. The maximum Gasteiger partial charge on any atom is 0.120 e. The molecule has 0 aromatic rings. The number of morpholine rings is 1. The molecule has 0 radical (unpaired) electrons. The lowest BCUT2D eigenvalue weighted by atomic mass is 10.2. The summed E-state index contributed by atoms with van der Waals surface area (Å²) in [7, 11) is 0. The lowest BCUT2D eigenvalue weighted by Crippen LogP contribution is -2.48. The molecule has 2 fully saturated rings. The SMILES string of the molecule is NC(=S)C1CN(CC2CC2)CCO1. The summed E-state index contributed by atoms with van der Waals surface area (Å²) in [4.78, 5) is 2.92. The molecule has 74 valence electrons. The highest BCUT2D eigenvalue weighted by Crippen LogP contribution is 2.30. The molecule has 0 bridgehead atoms. The summed E-state index contributed by atoms with van der Waals surface area (Å²) in [5.74, 6) is 0.935. The number of hydrogen-bond acceptors (Lipinski definition) is 3. The summed E-state index contributed by atoms with van der Waals surface area (Å²) in [6, 6.07) is 0. The first-order chi connectivity index (χ1) is 6.25. The molecule has 4 heteroatoms. The smallest absolute Gasteiger partial charge is 0.120 e. The van der Waals surface area contributed by atoms with Crippen LogP contribution in [0.2, 0.25) is 0 Å². The first kappa shape index (κ1) is 9.37. The van der Waals surface area contributed by atoms with Gasteiger partial charge in [-0.3, -0.25) is 4.90 Å². The Bertz CT molecular complexity index is 206. The Balaban J connectivity index is 1.80. The van der Waals surface area contributed by atoms with E-state index in [4.69, 9.17) is 22.7 Å². The fourth-order valence-electron chi connectivity index (χ4n) is 1.71. The van der Waals surface area contributed by atoms with Gasteiger partial charge in [0.15, 0.2) is 0 Å². The fraction of sp³-hybridized carbons (Fsp3) is 0.889. The summed E-state index contributed by atoms with van der Waals surface area (Å²) in [6.07, 6.45) is 2.78. The average Bonchev–Trinajstić information content (AvgIpc) is 2.89. The summed E-state index contributed by atoms with van der Waals surface area (Å²) < 4.78 is 5.46.